The summed E-state index contributed by atoms with van der Waals surface area (Å²) in [6.07, 6.45) is -2.12. The van der Waals surface area contributed by atoms with Crippen LogP contribution in [0.25, 0.3) is 0 Å². The van der Waals surface area contributed by atoms with Crippen LogP contribution in [-0.4, -0.2) is 49.6 Å². The standard InChI is InChI=1S/C29H30F3NO7S/c1-2-4-20-19-24(40-23-8-6-21(7-9-23)29(30,31)32)12-15-27(20)39-18-17-38-22-10-13-25(14-11-22)41(36,37)33-16-3-5-26(33)28(34)35/h6-15,19,26H,2-5,16-18H2,1H3,(H,34,35)/t26-/m1/s1. The Morgan fingerprint density at radius 2 is 1.59 bits per heavy atom. The van der Waals surface area contributed by atoms with Gasteiger partial charge in [-0.1, -0.05) is 13.3 Å². The fourth-order valence-electron chi connectivity index (χ4n) is 4.50. The van der Waals surface area contributed by atoms with Gasteiger partial charge in [0.05, 0.1) is 10.5 Å². The highest BCUT2D eigenvalue weighted by Gasteiger charge is 2.39. The minimum atomic E-state index is -4.42. The summed E-state index contributed by atoms with van der Waals surface area (Å²) in [6.45, 7) is 2.54. The van der Waals surface area contributed by atoms with Gasteiger partial charge in [0.2, 0.25) is 10.0 Å². The van der Waals surface area contributed by atoms with Crippen molar-refractivity contribution in [3.05, 3.63) is 77.9 Å². The van der Waals surface area contributed by atoms with E-state index in [1.807, 2.05) is 6.92 Å². The van der Waals surface area contributed by atoms with E-state index in [4.69, 9.17) is 14.2 Å². The fraction of sp³-hybridized carbons (Fsp3) is 0.345. The van der Waals surface area contributed by atoms with Gasteiger partial charge in [-0.25, -0.2) is 8.42 Å². The highest BCUT2D eigenvalue weighted by Crippen LogP contribution is 2.33. The van der Waals surface area contributed by atoms with E-state index in [1.54, 1.807) is 18.2 Å². The number of aliphatic carboxylic acids is 1. The Balaban J connectivity index is 1.32. The largest absolute Gasteiger partial charge is 0.490 e. The molecular formula is C29H30F3NO7S. The van der Waals surface area contributed by atoms with Crippen molar-refractivity contribution in [2.45, 2.75) is 49.7 Å². The summed E-state index contributed by atoms with van der Waals surface area (Å²) in [5.41, 5.74) is 0.118. The maximum Gasteiger partial charge on any atom is 0.416 e. The quantitative estimate of drug-likeness (QED) is 0.252. The summed E-state index contributed by atoms with van der Waals surface area (Å²) in [5.74, 6) is 0.640. The van der Waals surface area contributed by atoms with Gasteiger partial charge in [-0.15, -0.1) is 0 Å². The van der Waals surface area contributed by atoms with Gasteiger partial charge in [0.1, 0.15) is 42.3 Å². The van der Waals surface area contributed by atoms with Crippen molar-refractivity contribution in [2.24, 2.45) is 0 Å². The Kier molecular flexibility index (Phi) is 9.44. The third kappa shape index (κ3) is 7.50. The van der Waals surface area contributed by atoms with Crippen molar-refractivity contribution >= 4 is 16.0 Å². The molecule has 1 aliphatic heterocycles. The lowest BCUT2D eigenvalue weighted by atomic mass is 10.1. The number of carbonyl (C=O) groups is 1. The average molecular weight is 594 g/mol. The van der Waals surface area contributed by atoms with Crippen LogP contribution < -0.4 is 14.2 Å². The summed E-state index contributed by atoms with van der Waals surface area (Å²) >= 11 is 0. The van der Waals surface area contributed by atoms with Crippen LogP contribution in [0.4, 0.5) is 13.2 Å². The topological polar surface area (TPSA) is 102 Å². The normalized spacial score (nSPS) is 16.0. The predicted molar refractivity (Wildman–Crippen MR) is 144 cm³/mol. The van der Waals surface area contributed by atoms with Crippen LogP contribution in [0.3, 0.4) is 0 Å². The highest BCUT2D eigenvalue weighted by molar-refractivity contribution is 7.89. The van der Waals surface area contributed by atoms with Crippen molar-refractivity contribution in [1.29, 1.82) is 0 Å². The van der Waals surface area contributed by atoms with Crippen molar-refractivity contribution < 1.29 is 45.7 Å². The Morgan fingerprint density at radius 1 is 0.951 bits per heavy atom. The number of carboxylic acids is 1. The maximum atomic E-state index is 12.9. The van der Waals surface area contributed by atoms with Gasteiger partial charge in [-0.2, -0.15) is 17.5 Å². The molecule has 0 aliphatic carbocycles. The molecule has 8 nitrogen and oxygen atoms in total. The third-order valence-corrected chi connectivity index (χ3v) is 8.42. The number of rotatable bonds is 12. The minimum absolute atomic E-state index is 0.00272. The van der Waals surface area contributed by atoms with Crippen LogP contribution in [0.2, 0.25) is 0 Å². The van der Waals surface area contributed by atoms with E-state index in [-0.39, 0.29) is 36.8 Å². The SMILES string of the molecule is CCCc1cc(Oc2ccc(C(F)(F)F)cc2)ccc1OCCOc1ccc(S(=O)(=O)N2CCC[C@@H]2C(=O)O)cc1. The van der Waals surface area contributed by atoms with Crippen molar-refractivity contribution in [2.75, 3.05) is 19.8 Å². The first-order chi connectivity index (χ1) is 19.5. The zero-order chi connectivity index (χ0) is 29.6. The number of ether oxygens (including phenoxy) is 3. The first-order valence-corrected chi connectivity index (χ1v) is 14.5. The molecule has 0 bridgehead atoms. The van der Waals surface area contributed by atoms with E-state index in [0.717, 1.165) is 28.4 Å². The van der Waals surface area contributed by atoms with Crippen LogP contribution in [-0.2, 0) is 27.4 Å². The molecular weight excluding hydrogens is 563 g/mol. The van der Waals surface area contributed by atoms with E-state index in [2.05, 4.69) is 0 Å². The van der Waals surface area contributed by atoms with Gasteiger partial charge < -0.3 is 19.3 Å². The molecule has 1 atom stereocenters. The molecule has 0 aromatic heterocycles. The van der Waals surface area contributed by atoms with Crippen molar-refractivity contribution in [1.82, 2.24) is 4.31 Å². The Labute approximate surface area is 236 Å². The zero-order valence-electron chi connectivity index (χ0n) is 22.3. The molecule has 3 aromatic carbocycles. The zero-order valence-corrected chi connectivity index (χ0v) is 23.1. The molecule has 3 aromatic rings. The molecule has 12 heteroatoms. The molecule has 1 saturated heterocycles. The Morgan fingerprint density at radius 3 is 2.22 bits per heavy atom. The van der Waals surface area contributed by atoms with E-state index in [9.17, 15) is 31.5 Å². The average Bonchev–Trinajstić information content (AvgIpc) is 3.44. The number of carboxylic acid groups (broad SMARTS) is 1. The second-order valence-electron chi connectivity index (χ2n) is 9.42. The molecule has 41 heavy (non-hydrogen) atoms. The van der Waals surface area contributed by atoms with E-state index >= 15 is 0 Å². The fourth-order valence-corrected chi connectivity index (χ4v) is 6.15. The molecule has 0 unspecified atom stereocenters. The second kappa shape index (κ2) is 12.8. The number of aryl methyl sites for hydroxylation is 1. The van der Waals surface area contributed by atoms with E-state index < -0.39 is 33.8 Å². The molecule has 0 spiro atoms. The van der Waals surface area contributed by atoms with Crippen molar-refractivity contribution in [3.8, 4) is 23.0 Å². The van der Waals surface area contributed by atoms with Crippen LogP contribution >= 0.6 is 0 Å². The second-order valence-corrected chi connectivity index (χ2v) is 11.3. The number of hydrogen-bond acceptors (Lipinski definition) is 6. The number of benzene rings is 3. The summed E-state index contributed by atoms with van der Waals surface area (Å²) < 4.78 is 82.5. The number of nitrogens with zero attached hydrogens (tertiary/aromatic N) is 1. The number of alkyl halides is 3. The van der Waals surface area contributed by atoms with Gasteiger partial charge in [0.25, 0.3) is 0 Å². The minimum Gasteiger partial charge on any atom is -0.490 e. The third-order valence-electron chi connectivity index (χ3n) is 6.50. The molecule has 0 radical (unpaired) electrons. The first-order valence-electron chi connectivity index (χ1n) is 13.1. The summed E-state index contributed by atoms with van der Waals surface area (Å²) in [5, 5.41) is 9.32. The van der Waals surface area contributed by atoms with Crippen LogP contribution in [0.15, 0.2) is 71.6 Å². The maximum absolute atomic E-state index is 12.9. The van der Waals surface area contributed by atoms with E-state index in [1.165, 1.54) is 36.4 Å². The van der Waals surface area contributed by atoms with Gasteiger partial charge in [0.15, 0.2) is 0 Å². The van der Waals surface area contributed by atoms with Crippen LogP contribution in [0.5, 0.6) is 23.0 Å². The monoisotopic (exact) mass is 593 g/mol. The van der Waals surface area contributed by atoms with Gasteiger partial charge >= 0.3 is 12.1 Å². The number of hydrogen-bond donors (Lipinski definition) is 1. The first kappa shape index (κ1) is 30.2. The Hall–Kier alpha value is -3.77. The molecule has 1 fully saturated rings. The molecule has 0 saturated carbocycles. The van der Waals surface area contributed by atoms with Crippen molar-refractivity contribution in [3.63, 3.8) is 0 Å². The Bertz CT molecular complexity index is 1440. The number of halogens is 3. The molecule has 1 aliphatic rings. The summed E-state index contributed by atoms with van der Waals surface area (Å²) in [7, 11) is -3.94. The highest BCUT2D eigenvalue weighted by atomic mass is 32.2. The lowest BCUT2D eigenvalue weighted by Crippen LogP contribution is -2.40. The van der Waals surface area contributed by atoms with E-state index in [0.29, 0.717) is 30.1 Å². The van der Waals surface area contributed by atoms with Crippen LogP contribution in [0.1, 0.15) is 37.3 Å². The molecule has 0 amide bonds. The molecule has 4 rings (SSSR count). The molecule has 1 heterocycles. The lowest BCUT2D eigenvalue weighted by Gasteiger charge is -2.21. The number of sulfonamides is 1. The summed E-state index contributed by atoms with van der Waals surface area (Å²) in [4.78, 5) is 11.4. The van der Waals surface area contributed by atoms with Crippen LogP contribution in [0, 0.1) is 0 Å². The molecule has 220 valence electrons. The molecule has 1 N–H and O–H groups in total. The van der Waals surface area contributed by atoms with Gasteiger partial charge in [-0.3, -0.25) is 4.79 Å². The summed E-state index contributed by atoms with van der Waals surface area (Å²) in [6, 6.07) is 14.4. The smallest absolute Gasteiger partial charge is 0.416 e. The lowest BCUT2D eigenvalue weighted by molar-refractivity contribution is -0.140. The van der Waals surface area contributed by atoms with Gasteiger partial charge in [-0.05, 0) is 91.6 Å². The van der Waals surface area contributed by atoms with Gasteiger partial charge in [0, 0.05) is 6.54 Å². The predicted octanol–water partition coefficient (Wildman–Crippen LogP) is 6.15.